The first-order valence-corrected chi connectivity index (χ1v) is 7.47. The van der Waals surface area contributed by atoms with Gasteiger partial charge >= 0.3 is 5.97 Å². The summed E-state index contributed by atoms with van der Waals surface area (Å²) in [6.45, 7) is 11.6. The monoisotopic (exact) mass is 259 g/mol. The minimum Gasteiger partial charge on any atom is -0.481 e. The highest BCUT2D eigenvalue weighted by atomic mass is 28.2. The molecule has 1 aliphatic rings. The molecule has 5 heteroatoms. The Morgan fingerprint density at radius 3 is 2.29 bits per heavy atom. The molecule has 0 aromatic carbocycles. The fourth-order valence-corrected chi connectivity index (χ4v) is 3.25. The van der Waals surface area contributed by atoms with Crippen LogP contribution in [0.1, 0.15) is 41.0 Å². The molecule has 0 aromatic heterocycles. The van der Waals surface area contributed by atoms with Gasteiger partial charge in [-0.05, 0) is 31.9 Å². The second-order valence-electron chi connectivity index (χ2n) is 6.67. The van der Waals surface area contributed by atoms with E-state index in [1.807, 2.05) is 13.8 Å². The Hall–Kier alpha value is -0.393. The first kappa shape index (κ1) is 14.7. The molecule has 1 fully saturated rings. The highest BCUT2D eigenvalue weighted by Crippen LogP contribution is 2.41. The van der Waals surface area contributed by atoms with Crippen LogP contribution in [0.4, 0.5) is 0 Å². The molecule has 2 N–H and O–H groups in total. The van der Waals surface area contributed by atoms with Gasteiger partial charge in [0.15, 0.2) is 9.76 Å². The number of aliphatic carboxylic acids is 1. The minimum atomic E-state index is -0.773. The lowest BCUT2D eigenvalue weighted by molar-refractivity contribution is -0.160. The number of hydrogen-bond donors (Lipinski definition) is 2. The van der Waals surface area contributed by atoms with Gasteiger partial charge in [-0.15, -0.1) is 0 Å². The molecule has 0 aliphatic carbocycles. The quantitative estimate of drug-likeness (QED) is 0.744. The van der Waals surface area contributed by atoms with Crippen molar-refractivity contribution in [1.82, 2.24) is 5.32 Å². The molecule has 4 nitrogen and oxygen atoms in total. The number of rotatable bonds is 4. The highest BCUT2D eigenvalue weighted by Gasteiger charge is 2.54. The van der Waals surface area contributed by atoms with Crippen LogP contribution in [0.3, 0.4) is 0 Å². The van der Waals surface area contributed by atoms with Crippen LogP contribution in [0.2, 0.25) is 5.04 Å². The third-order valence-electron chi connectivity index (χ3n) is 3.58. The lowest BCUT2D eigenvalue weighted by Gasteiger charge is -2.42. The number of carboxylic acid groups (broad SMARTS) is 1. The number of carboxylic acids is 1. The Balaban J connectivity index is 2.82. The SMILES string of the molecule is CC(C)(C)[SiH2]OC(C)(C)C1(C(=O)O)CCNC1. The molecule has 1 heterocycles. The Morgan fingerprint density at radius 1 is 1.35 bits per heavy atom. The topological polar surface area (TPSA) is 58.6 Å². The standard InChI is InChI=1S/C12H25NO3Si/c1-10(2,3)17-16-11(4,5)12(9(14)15)6-7-13-8-12/h13H,6-8,17H2,1-5H3,(H,14,15). The molecular formula is C12H25NO3Si. The van der Waals surface area contributed by atoms with Gasteiger partial charge in [-0.1, -0.05) is 20.8 Å². The molecular weight excluding hydrogens is 234 g/mol. The molecule has 0 saturated carbocycles. The summed E-state index contributed by atoms with van der Waals surface area (Å²) in [5.41, 5.74) is -1.37. The zero-order chi connectivity index (χ0) is 13.3. The molecule has 17 heavy (non-hydrogen) atoms. The lowest BCUT2D eigenvalue weighted by atomic mass is 9.73. The van der Waals surface area contributed by atoms with Gasteiger partial charge in [0.2, 0.25) is 0 Å². The van der Waals surface area contributed by atoms with E-state index in [0.29, 0.717) is 13.0 Å². The summed E-state index contributed by atoms with van der Waals surface area (Å²) in [4.78, 5) is 11.6. The second kappa shape index (κ2) is 4.70. The Kier molecular flexibility index (Phi) is 4.06. The van der Waals surface area contributed by atoms with E-state index < -0.39 is 26.7 Å². The van der Waals surface area contributed by atoms with Crippen molar-refractivity contribution in [3.05, 3.63) is 0 Å². The maximum atomic E-state index is 11.6. The van der Waals surface area contributed by atoms with Crippen molar-refractivity contribution in [3.8, 4) is 0 Å². The van der Waals surface area contributed by atoms with Crippen LogP contribution in [0.5, 0.6) is 0 Å². The van der Waals surface area contributed by atoms with E-state index in [1.165, 1.54) is 0 Å². The smallest absolute Gasteiger partial charge is 0.313 e. The predicted molar refractivity (Wildman–Crippen MR) is 71.0 cm³/mol. The summed E-state index contributed by atoms with van der Waals surface area (Å²) >= 11 is 0. The van der Waals surface area contributed by atoms with Crippen molar-refractivity contribution in [2.24, 2.45) is 5.41 Å². The lowest BCUT2D eigenvalue weighted by Crippen LogP contribution is -2.53. The Bertz CT molecular complexity index is 291. The highest BCUT2D eigenvalue weighted by molar-refractivity contribution is 6.31. The molecule has 0 aromatic rings. The van der Waals surface area contributed by atoms with Gasteiger partial charge in [0.1, 0.15) is 5.41 Å². The van der Waals surface area contributed by atoms with Crippen LogP contribution in [-0.2, 0) is 9.22 Å². The van der Waals surface area contributed by atoms with Gasteiger partial charge < -0.3 is 14.8 Å². The van der Waals surface area contributed by atoms with Crippen molar-refractivity contribution in [2.75, 3.05) is 13.1 Å². The van der Waals surface area contributed by atoms with Crippen molar-refractivity contribution in [1.29, 1.82) is 0 Å². The maximum Gasteiger partial charge on any atom is 0.313 e. The van der Waals surface area contributed by atoms with E-state index in [2.05, 4.69) is 26.1 Å². The molecule has 1 atom stereocenters. The van der Waals surface area contributed by atoms with Crippen LogP contribution in [-0.4, -0.2) is 39.5 Å². The van der Waals surface area contributed by atoms with Crippen molar-refractivity contribution >= 4 is 15.7 Å². The Morgan fingerprint density at radius 2 is 1.94 bits per heavy atom. The van der Waals surface area contributed by atoms with E-state index in [9.17, 15) is 9.90 Å². The van der Waals surface area contributed by atoms with E-state index in [0.717, 1.165) is 6.54 Å². The fraction of sp³-hybridized carbons (Fsp3) is 0.917. The zero-order valence-electron chi connectivity index (χ0n) is 11.6. The Labute approximate surface area is 106 Å². The van der Waals surface area contributed by atoms with E-state index >= 15 is 0 Å². The number of carbonyl (C=O) groups is 1. The van der Waals surface area contributed by atoms with Gasteiger partial charge in [0, 0.05) is 6.54 Å². The first-order chi connectivity index (χ1) is 7.61. The largest absolute Gasteiger partial charge is 0.481 e. The third-order valence-corrected chi connectivity index (χ3v) is 5.32. The van der Waals surface area contributed by atoms with Crippen LogP contribution in [0, 0.1) is 5.41 Å². The van der Waals surface area contributed by atoms with Gasteiger partial charge in [0.05, 0.1) is 5.60 Å². The molecule has 1 unspecified atom stereocenters. The van der Waals surface area contributed by atoms with E-state index in [4.69, 9.17) is 4.43 Å². The van der Waals surface area contributed by atoms with Crippen LogP contribution < -0.4 is 5.32 Å². The molecule has 1 saturated heterocycles. The van der Waals surface area contributed by atoms with Gasteiger partial charge in [-0.3, -0.25) is 4.79 Å². The average Bonchev–Trinajstić information content (AvgIpc) is 2.63. The first-order valence-electron chi connectivity index (χ1n) is 6.19. The second-order valence-corrected chi connectivity index (χ2v) is 9.37. The molecule has 0 amide bonds. The summed E-state index contributed by atoms with van der Waals surface area (Å²) in [5, 5.41) is 12.9. The molecule has 0 radical (unpaired) electrons. The van der Waals surface area contributed by atoms with Crippen LogP contribution in [0.25, 0.3) is 0 Å². The van der Waals surface area contributed by atoms with Crippen LogP contribution >= 0.6 is 0 Å². The molecule has 1 aliphatic heterocycles. The summed E-state index contributed by atoms with van der Waals surface area (Å²) in [6, 6.07) is 0. The molecule has 1 rings (SSSR count). The van der Waals surface area contributed by atoms with Gasteiger partial charge in [-0.25, -0.2) is 0 Å². The minimum absolute atomic E-state index is 0.184. The van der Waals surface area contributed by atoms with Gasteiger partial charge in [0.25, 0.3) is 0 Å². The number of hydrogen-bond acceptors (Lipinski definition) is 3. The molecule has 0 bridgehead atoms. The summed E-state index contributed by atoms with van der Waals surface area (Å²) in [6.07, 6.45) is 0.647. The average molecular weight is 259 g/mol. The normalized spacial score (nSPS) is 26.9. The summed E-state index contributed by atoms with van der Waals surface area (Å²) in [7, 11) is -0.748. The molecule has 0 spiro atoms. The number of nitrogens with one attached hydrogen (secondary N) is 1. The third kappa shape index (κ3) is 3.08. The van der Waals surface area contributed by atoms with Gasteiger partial charge in [-0.2, -0.15) is 0 Å². The maximum absolute atomic E-state index is 11.6. The van der Waals surface area contributed by atoms with E-state index in [-0.39, 0.29) is 5.04 Å². The van der Waals surface area contributed by atoms with Crippen molar-refractivity contribution in [2.45, 2.75) is 51.7 Å². The zero-order valence-corrected chi connectivity index (χ0v) is 13.0. The van der Waals surface area contributed by atoms with Crippen LogP contribution in [0.15, 0.2) is 0 Å². The fourth-order valence-electron chi connectivity index (χ4n) is 2.18. The van der Waals surface area contributed by atoms with Crippen molar-refractivity contribution in [3.63, 3.8) is 0 Å². The van der Waals surface area contributed by atoms with E-state index in [1.54, 1.807) is 0 Å². The summed E-state index contributed by atoms with van der Waals surface area (Å²) in [5.74, 6) is -0.740. The predicted octanol–water partition coefficient (Wildman–Crippen LogP) is 1.15. The molecule has 100 valence electrons. The van der Waals surface area contributed by atoms with Crippen molar-refractivity contribution < 1.29 is 14.3 Å². The summed E-state index contributed by atoms with van der Waals surface area (Å²) < 4.78 is 6.06.